The molecule has 3 aromatic rings. The second-order valence-corrected chi connectivity index (χ2v) is 8.13. The van der Waals surface area contributed by atoms with Gasteiger partial charge in [-0.25, -0.2) is 13.4 Å². The van der Waals surface area contributed by atoms with E-state index in [4.69, 9.17) is 9.47 Å². The Kier molecular flexibility index (Phi) is 4.56. The van der Waals surface area contributed by atoms with Gasteiger partial charge in [-0.2, -0.15) is 0 Å². The number of anilines is 3. The fourth-order valence-corrected chi connectivity index (χ4v) is 3.95. The van der Waals surface area contributed by atoms with Gasteiger partial charge in [0.1, 0.15) is 5.82 Å². The van der Waals surface area contributed by atoms with Crippen LogP contribution in [0.4, 0.5) is 17.2 Å². The third-order valence-corrected chi connectivity index (χ3v) is 5.76. The normalized spacial score (nSPS) is 12.6. The smallest absolute Gasteiger partial charge is 0.263 e. The molecule has 28 heavy (non-hydrogen) atoms. The highest BCUT2D eigenvalue weighted by Gasteiger charge is 2.20. The number of nitrogens with one attached hydrogen (secondary N) is 2. The van der Waals surface area contributed by atoms with Gasteiger partial charge in [0.2, 0.25) is 6.79 Å². The Morgan fingerprint density at radius 2 is 1.71 bits per heavy atom. The second-order valence-electron chi connectivity index (χ2n) is 6.44. The maximum absolute atomic E-state index is 12.6. The van der Waals surface area contributed by atoms with Crippen LogP contribution in [0.2, 0.25) is 0 Å². The van der Waals surface area contributed by atoms with Gasteiger partial charge in [-0.1, -0.05) is 18.2 Å². The first kappa shape index (κ1) is 18.1. The molecular formula is C20H19N3O4S. The van der Waals surface area contributed by atoms with E-state index in [9.17, 15) is 8.42 Å². The highest BCUT2D eigenvalue weighted by molar-refractivity contribution is 7.92. The summed E-state index contributed by atoms with van der Waals surface area (Å²) < 4.78 is 38.1. The summed E-state index contributed by atoms with van der Waals surface area (Å²) in [5, 5.41) is 3.32. The lowest BCUT2D eigenvalue weighted by Gasteiger charge is -2.13. The number of benzene rings is 2. The molecule has 4 rings (SSSR count). The van der Waals surface area contributed by atoms with E-state index in [1.165, 1.54) is 12.1 Å². The quantitative estimate of drug-likeness (QED) is 0.677. The molecule has 1 aliphatic heterocycles. The zero-order valence-electron chi connectivity index (χ0n) is 15.4. The summed E-state index contributed by atoms with van der Waals surface area (Å²) >= 11 is 0. The first-order chi connectivity index (χ1) is 13.4. The number of fused-ring (bicyclic) bond motifs is 1. The molecule has 1 aromatic heterocycles. The summed E-state index contributed by atoms with van der Waals surface area (Å²) in [6.45, 7) is 4.13. The second kappa shape index (κ2) is 7.05. The number of aromatic nitrogens is 1. The molecule has 2 aromatic carbocycles. The monoisotopic (exact) mass is 397 g/mol. The van der Waals surface area contributed by atoms with Gasteiger partial charge >= 0.3 is 0 Å². The van der Waals surface area contributed by atoms with E-state index in [0.29, 0.717) is 11.5 Å². The van der Waals surface area contributed by atoms with Gasteiger partial charge in [0.05, 0.1) is 16.8 Å². The van der Waals surface area contributed by atoms with Crippen molar-refractivity contribution >= 4 is 27.2 Å². The van der Waals surface area contributed by atoms with Crippen LogP contribution in [0.3, 0.4) is 0 Å². The molecule has 0 bridgehead atoms. The molecule has 7 nitrogen and oxygen atoms in total. The maximum Gasteiger partial charge on any atom is 0.263 e. The molecule has 0 spiro atoms. The molecule has 0 saturated carbocycles. The zero-order valence-corrected chi connectivity index (χ0v) is 16.2. The Balaban J connectivity index is 1.51. The molecule has 0 fully saturated rings. The van der Waals surface area contributed by atoms with Crippen molar-refractivity contribution in [1.29, 1.82) is 0 Å². The number of pyridine rings is 1. The maximum atomic E-state index is 12.6. The number of sulfonamides is 1. The molecule has 0 amide bonds. The Labute approximate surface area is 163 Å². The van der Waals surface area contributed by atoms with Crippen LogP contribution in [0.1, 0.15) is 11.1 Å². The molecule has 0 aliphatic carbocycles. The van der Waals surface area contributed by atoms with E-state index in [1.54, 1.807) is 24.4 Å². The van der Waals surface area contributed by atoms with Crippen molar-refractivity contribution < 1.29 is 17.9 Å². The van der Waals surface area contributed by atoms with Crippen molar-refractivity contribution in [2.75, 3.05) is 16.8 Å². The van der Waals surface area contributed by atoms with E-state index in [2.05, 4.69) is 15.0 Å². The summed E-state index contributed by atoms with van der Waals surface area (Å²) in [5.74, 6) is 1.16. The third-order valence-electron chi connectivity index (χ3n) is 4.41. The molecule has 0 saturated heterocycles. The van der Waals surface area contributed by atoms with E-state index >= 15 is 0 Å². The van der Waals surface area contributed by atoms with Crippen LogP contribution in [0.25, 0.3) is 0 Å². The van der Waals surface area contributed by atoms with Gasteiger partial charge in [0, 0.05) is 11.8 Å². The van der Waals surface area contributed by atoms with Crippen LogP contribution in [0.15, 0.2) is 59.6 Å². The predicted octanol–water partition coefficient (Wildman–Crippen LogP) is 3.97. The van der Waals surface area contributed by atoms with Crippen LogP contribution in [0.5, 0.6) is 11.5 Å². The lowest BCUT2D eigenvalue weighted by atomic mass is 10.1. The fourth-order valence-electron chi connectivity index (χ4n) is 2.92. The van der Waals surface area contributed by atoms with E-state index in [1.807, 2.05) is 32.0 Å². The first-order valence-corrected chi connectivity index (χ1v) is 10.1. The largest absolute Gasteiger partial charge is 0.454 e. The summed E-state index contributed by atoms with van der Waals surface area (Å²) in [5.41, 5.74) is 4.02. The van der Waals surface area contributed by atoms with Crippen molar-refractivity contribution in [3.8, 4) is 11.5 Å². The van der Waals surface area contributed by atoms with Crippen LogP contribution in [-0.4, -0.2) is 20.2 Å². The van der Waals surface area contributed by atoms with Gasteiger partial charge < -0.3 is 14.8 Å². The molecule has 2 N–H and O–H groups in total. The number of hydrogen-bond acceptors (Lipinski definition) is 6. The van der Waals surface area contributed by atoms with Gasteiger partial charge in [0.15, 0.2) is 11.5 Å². The Bertz CT molecular complexity index is 1110. The predicted molar refractivity (Wildman–Crippen MR) is 107 cm³/mol. The van der Waals surface area contributed by atoms with Crippen molar-refractivity contribution in [1.82, 2.24) is 4.98 Å². The molecule has 0 atom stereocenters. The topological polar surface area (TPSA) is 89.5 Å². The number of para-hydroxylation sites is 1. The summed E-state index contributed by atoms with van der Waals surface area (Å²) in [6.07, 6.45) is 1.59. The summed E-state index contributed by atoms with van der Waals surface area (Å²) in [7, 11) is -3.79. The van der Waals surface area contributed by atoms with Crippen molar-refractivity contribution in [3.05, 3.63) is 65.9 Å². The van der Waals surface area contributed by atoms with Crippen molar-refractivity contribution in [2.24, 2.45) is 0 Å². The van der Waals surface area contributed by atoms with Gasteiger partial charge in [-0.3, -0.25) is 4.72 Å². The average molecular weight is 397 g/mol. The highest BCUT2D eigenvalue weighted by Crippen LogP contribution is 2.34. The standard InChI is InChI=1S/C20H19N3O4S/c1-13-4-3-5-14(2)20(13)22-15-6-9-19(21-11-15)23-28(24,25)16-7-8-17-18(10-16)27-12-26-17/h3-11,22H,12H2,1-2H3,(H,21,23). The average Bonchev–Trinajstić information content (AvgIpc) is 3.14. The highest BCUT2D eigenvalue weighted by atomic mass is 32.2. The number of rotatable bonds is 5. The minimum absolute atomic E-state index is 0.0799. The summed E-state index contributed by atoms with van der Waals surface area (Å²) in [6, 6.07) is 13.9. The molecular weight excluding hydrogens is 378 g/mol. The molecule has 2 heterocycles. The Morgan fingerprint density at radius 1 is 0.964 bits per heavy atom. The van der Waals surface area contributed by atoms with E-state index in [0.717, 1.165) is 22.5 Å². The van der Waals surface area contributed by atoms with Crippen molar-refractivity contribution in [2.45, 2.75) is 18.7 Å². The Morgan fingerprint density at radius 3 is 2.43 bits per heavy atom. The SMILES string of the molecule is Cc1cccc(C)c1Nc1ccc(NS(=O)(=O)c2ccc3c(c2)OCO3)nc1. The molecule has 1 aliphatic rings. The molecule has 0 unspecified atom stereocenters. The molecule has 144 valence electrons. The van der Waals surface area contributed by atoms with Gasteiger partial charge in [0.25, 0.3) is 10.0 Å². The third kappa shape index (κ3) is 3.59. The van der Waals surface area contributed by atoms with Gasteiger partial charge in [-0.05, 0) is 49.2 Å². The van der Waals surface area contributed by atoms with Crippen LogP contribution in [0, 0.1) is 13.8 Å². The van der Waals surface area contributed by atoms with Gasteiger partial charge in [-0.15, -0.1) is 0 Å². The Hall–Kier alpha value is -3.26. The van der Waals surface area contributed by atoms with Crippen LogP contribution >= 0.6 is 0 Å². The number of aryl methyl sites for hydroxylation is 2. The lowest BCUT2D eigenvalue weighted by Crippen LogP contribution is -2.13. The number of nitrogens with zero attached hydrogens (tertiary/aromatic N) is 1. The minimum Gasteiger partial charge on any atom is -0.454 e. The van der Waals surface area contributed by atoms with Crippen LogP contribution < -0.4 is 19.5 Å². The van der Waals surface area contributed by atoms with E-state index in [-0.39, 0.29) is 17.5 Å². The number of ether oxygens (including phenoxy) is 2. The summed E-state index contributed by atoms with van der Waals surface area (Å²) in [4.78, 5) is 4.29. The number of hydrogen-bond donors (Lipinski definition) is 2. The molecule has 8 heteroatoms. The first-order valence-electron chi connectivity index (χ1n) is 8.64. The zero-order chi connectivity index (χ0) is 19.7. The fraction of sp³-hybridized carbons (Fsp3) is 0.150. The minimum atomic E-state index is -3.79. The lowest BCUT2D eigenvalue weighted by molar-refractivity contribution is 0.174. The van der Waals surface area contributed by atoms with Crippen molar-refractivity contribution in [3.63, 3.8) is 0 Å². The molecule has 0 radical (unpaired) electrons. The van der Waals surface area contributed by atoms with E-state index < -0.39 is 10.0 Å². The van der Waals surface area contributed by atoms with Crippen LogP contribution in [-0.2, 0) is 10.0 Å².